The Morgan fingerprint density at radius 1 is 1.27 bits per heavy atom. The quantitative estimate of drug-likeness (QED) is 0.696. The van der Waals surface area contributed by atoms with Crippen LogP contribution >= 0.6 is 0 Å². The molecule has 0 heterocycles. The normalized spacial score (nSPS) is 12.8. The van der Waals surface area contributed by atoms with Gasteiger partial charge < -0.3 is 15.9 Å². The van der Waals surface area contributed by atoms with Crippen molar-refractivity contribution in [3.63, 3.8) is 0 Å². The van der Waals surface area contributed by atoms with Gasteiger partial charge in [-0.3, -0.25) is 0 Å². The molecule has 0 radical (unpaired) electrons. The predicted octanol–water partition coefficient (Wildman–Crippen LogP) is 1.12. The van der Waals surface area contributed by atoms with E-state index in [9.17, 15) is 5.11 Å². The average molecular weight is 209 g/mol. The molecule has 4 N–H and O–H groups in total. The largest absolute Gasteiger partial charge is 0.507 e. The third-order valence-electron chi connectivity index (χ3n) is 2.67. The molecule has 1 aromatic rings. The van der Waals surface area contributed by atoms with Gasteiger partial charge in [0.1, 0.15) is 5.75 Å². The van der Waals surface area contributed by atoms with Crippen molar-refractivity contribution in [3.05, 3.63) is 28.8 Å². The topological polar surface area (TPSA) is 66.5 Å². The summed E-state index contributed by atoms with van der Waals surface area (Å²) in [6.07, 6.45) is 0.759. The lowest BCUT2D eigenvalue weighted by Gasteiger charge is -2.13. The standard InChI is InChI=1S/C12H19NO2/c1-8-3-10(4-9(2)12(8)15)5-11(6-13)7-14/h3-4,11,14-15H,5-7,13H2,1-2H3. The van der Waals surface area contributed by atoms with Gasteiger partial charge in [-0.2, -0.15) is 0 Å². The molecule has 0 bridgehead atoms. The number of nitrogens with two attached hydrogens (primary N) is 1. The number of aryl methyl sites for hydroxylation is 2. The summed E-state index contributed by atoms with van der Waals surface area (Å²) in [6, 6.07) is 3.89. The van der Waals surface area contributed by atoms with Gasteiger partial charge in [0.05, 0.1) is 0 Å². The molecule has 0 amide bonds. The van der Waals surface area contributed by atoms with Crippen molar-refractivity contribution in [1.29, 1.82) is 0 Å². The average Bonchev–Trinajstić information content (AvgIpc) is 2.22. The summed E-state index contributed by atoms with van der Waals surface area (Å²) in [4.78, 5) is 0. The first kappa shape index (κ1) is 12.0. The number of hydrogen-bond donors (Lipinski definition) is 3. The van der Waals surface area contributed by atoms with Crippen LogP contribution in [0.4, 0.5) is 0 Å². The number of aliphatic hydroxyl groups is 1. The molecule has 0 saturated heterocycles. The minimum absolute atomic E-state index is 0.105. The second-order valence-corrected chi connectivity index (χ2v) is 4.07. The van der Waals surface area contributed by atoms with E-state index in [1.807, 2.05) is 26.0 Å². The molecule has 0 spiro atoms. The number of aromatic hydroxyl groups is 1. The smallest absolute Gasteiger partial charge is 0.121 e. The number of benzene rings is 1. The van der Waals surface area contributed by atoms with Crippen molar-refractivity contribution in [3.8, 4) is 5.75 Å². The monoisotopic (exact) mass is 209 g/mol. The highest BCUT2D eigenvalue weighted by atomic mass is 16.3. The highest BCUT2D eigenvalue weighted by Crippen LogP contribution is 2.24. The Bertz CT molecular complexity index is 309. The Hall–Kier alpha value is -1.06. The van der Waals surface area contributed by atoms with Gasteiger partial charge in [0, 0.05) is 6.61 Å². The molecular formula is C12H19NO2. The summed E-state index contributed by atoms with van der Waals surface area (Å²) >= 11 is 0. The second kappa shape index (κ2) is 5.14. The molecule has 0 aliphatic rings. The first-order chi connectivity index (χ1) is 7.08. The van der Waals surface area contributed by atoms with Gasteiger partial charge in [0.2, 0.25) is 0 Å². The first-order valence-electron chi connectivity index (χ1n) is 5.18. The fourth-order valence-electron chi connectivity index (χ4n) is 1.72. The number of hydrogen-bond acceptors (Lipinski definition) is 3. The van der Waals surface area contributed by atoms with Crippen LogP contribution in [0.1, 0.15) is 16.7 Å². The van der Waals surface area contributed by atoms with Crippen molar-refractivity contribution < 1.29 is 10.2 Å². The predicted molar refractivity (Wildman–Crippen MR) is 60.9 cm³/mol. The molecule has 1 atom stereocenters. The molecule has 1 aromatic carbocycles. The zero-order valence-corrected chi connectivity index (χ0v) is 9.33. The van der Waals surface area contributed by atoms with E-state index in [0.717, 1.165) is 23.1 Å². The van der Waals surface area contributed by atoms with Gasteiger partial charge in [-0.05, 0) is 49.4 Å². The van der Waals surface area contributed by atoms with Crippen molar-refractivity contribution >= 4 is 0 Å². The lowest BCUT2D eigenvalue weighted by atomic mass is 9.96. The Labute approximate surface area is 90.5 Å². The third kappa shape index (κ3) is 2.94. The lowest BCUT2D eigenvalue weighted by Crippen LogP contribution is -2.20. The van der Waals surface area contributed by atoms with E-state index in [-0.39, 0.29) is 12.5 Å². The number of phenolic OH excluding ortho intramolecular Hbond substituents is 1. The summed E-state index contributed by atoms with van der Waals surface area (Å²) in [5.41, 5.74) is 8.39. The van der Waals surface area contributed by atoms with Gasteiger partial charge in [0.15, 0.2) is 0 Å². The molecule has 3 heteroatoms. The second-order valence-electron chi connectivity index (χ2n) is 4.07. The Morgan fingerprint density at radius 3 is 2.20 bits per heavy atom. The zero-order chi connectivity index (χ0) is 11.4. The molecule has 0 aliphatic carbocycles. The van der Waals surface area contributed by atoms with E-state index < -0.39 is 0 Å². The van der Waals surface area contributed by atoms with Gasteiger partial charge in [-0.1, -0.05) is 12.1 Å². The number of phenols is 1. The maximum Gasteiger partial charge on any atom is 0.121 e. The summed E-state index contributed by atoms with van der Waals surface area (Å²) < 4.78 is 0. The fourth-order valence-corrected chi connectivity index (χ4v) is 1.72. The summed E-state index contributed by atoms with van der Waals surface area (Å²) in [5, 5.41) is 18.7. The van der Waals surface area contributed by atoms with E-state index in [1.54, 1.807) is 0 Å². The number of aliphatic hydroxyl groups excluding tert-OH is 1. The maximum absolute atomic E-state index is 9.61. The van der Waals surface area contributed by atoms with Crippen molar-refractivity contribution in [2.24, 2.45) is 11.7 Å². The van der Waals surface area contributed by atoms with Gasteiger partial charge >= 0.3 is 0 Å². The van der Waals surface area contributed by atoms with Crippen LogP contribution in [0.15, 0.2) is 12.1 Å². The van der Waals surface area contributed by atoms with Gasteiger partial charge in [0.25, 0.3) is 0 Å². The van der Waals surface area contributed by atoms with Gasteiger partial charge in [-0.15, -0.1) is 0 Å². The number of rotatable bonds is 4. The van der Waals surface area contributed by atoms with E-state index in [0.29, 0.717) is 12.3 Å². The van der Waals surface area contributed by atoms with E-state index >= 15 is 0 Å². The fraction of sp³-hybridized carbons (Fsp3) is 0.500. The highest BCUT2D eigenvalue weighted by molar-refractivity contribution is 5.42. The van der Waals surface area contributed by atoms with E-state index in [4.69, 9.17) is 10.8 Å². The van der Waals surface area contributed by atoms with Crippen LogP contribution in [0, 0.1) is 19.8 Å². The van der Waals surface area contributed by atoms with Crippen LogP contribution in [0.25, 0.3) is 0 Å². The summed E-state index contributed by atoms with van der Waals surface area (Å²) in [7, 11) is 0. The SMILES string of the molecule is Cc1cc(CC(CN)CO)cc(C)c1O. The molecule has 1 rings (SSSR count). The Balaban J connectivity index is 2.87. The minimum Gasteiger partial charge on any atom is -0.507 e. The third-order valence-corrected chi connectivity index (χ3v) is 2.67. The van der Waals surface area contributed by atoms with E-state index in [2.05, 4.69) is 0 Å². The van der Waals surface area contributed by atoms with Gasteiger partial charge in [-0.25, -0.2) is 0 Å². The van der Waals surface area contributed by atoms with Crippen LogP contribution in [0.3, 0.4) is 0 Å². The van der Waals surface area contributed by atoms with Crippen LogP contribution in [-0.4, -0.2) is 23.4 Å². The molecule has 0 fully saturated rings. The molecule has 0 aromatic heterocycles. The lowest BCUT2D eigenvalue weighted by molar-refractivity contribution is 0.230. The van der Waals surface area contributed by atoms with Crippen LogP contribution in [0.2, 0.25) is 0 Å². The molecule has 3 nitrogen and oxygen atoms in total. The van der Waals surface area contributed by atoms with Crippen LogP contribution in [0.5, 0.6) is 5.75 Å². The highest BCUT2D eigenvalue weighted by Gasteiger charge is 2.09. The molecular weight excluding hydrogens is 190 g/mol. The maximum atomic E-state index is 9.61. The molecule has 0 saturated carbocycles. The van der Waals surface area contributed by atoms with Crippen molar-refractivity contribution in [2.45, 2.75) is 20.3 Å². The van der Waals surface area contributed by atoms with Crippen molar-refractivity contribution in [2.75, 3.05) is 13.2 Å². The Morgan fingerprint density at radius 2 is 1.80 bits per heavy atom. The molecule has 0 aliphatic heterocycles. The Kier molecular flexibility index (Phi) is 4.12. The van der Waals surface area contributed by atoms with Crippen molar-refractivity contribution in [1.82, 2.24) is 0 Å². The molecule has 84 valence electrons. The summed E-state index contributed by atoms with van der Waals surface area (Å²) in [5.74, 6) is 0.459. The van der Waals surface area contributed by atoms with Crippen LogP contribution in [-0.2, 0) is 6.42 Å². The first-order valence-corrected chi connectivity index (χ1v) is 5.18. The van der Waals surface area contributed by atoms with Crippen LogP contribution < -0.4 is 5.73 Å². The zero-order valence-electron chi connectivity index (χ0n) is 9.33. The minimum atomic E-state index is 0.105. The molecule has 15 heavy (non-hydrogen) atoms. The molecule has 1 unspecified atom stereocenters. The summed E-state index contributed by atoms with van der Waals surface area (Å²) in [6.45, 7) is 4.34. The van der Waals surface area contributed by atoms with E-state index in [1.165, 1.54) is 0 Å².